The zero-order chi connectivity index (χ0) is 15.2. The molecule has 2 aromatic heterocycles. The number of nitrogens with zero attached hydrogens (tertiary/aromatic N) is 2. The van der Waals surface area contributed by atoms with Crippen LogP contribution in [0.4, 0.5) is 5.82 Å². The van der Waals surface area contributed by atoms with Crippen LogP contribution in [0.3, 0.4) is 0 Å². The van der Waals surface area contributed by atoms with Crippen LogP contribution in [0, 0.1) is 0 Å². The van der Waals surface area contributed by atoms with Gasteiger partial charge >= 0.3 is 0 Å². The molecule has 21 heavy (non-hydrogen) atoms. The predicted octanol–water partition coefficient (Wildman–Crippen LogP) is 2.55. The van der Waals surface area contributed by atoms with Crippen LogP contribution in [0.15, 0.2) is 28.9 Å². The number of aromatic nitrogens is 2. The standard InChI is InChI=1S/C15H20N4O2/c1-4-16-14-8-11(7-13(19-14)10(2)3)15(20)17-9-12-5-6-18-21-12/h5-8,10H,4,9H2,1-3H3,(H,16,19)(H,17,20). The van der Waals surface area contributed by atoms with Crippen molar-refractivity contribution in [2.24, 2.45) is 0 Å². The van der Waals surface area contributed by atoms with E-state index in [-0.39, 0.29) is 11.8 Å². The van der Waals surface area contributed by atoms with Crippen LogP contribution >= 0.6 is 0 Å². The Hall–Kier alpha value is -2.37. The van der Waals surface area contributed by atoms with E-state index in [1.165, 1.54) is 0 Å². The van der Waals surface area contributed by atoms with Crippen molar-refractivity contribution in [2.45, 2.75) is 33.2 Å². The van der Waals surface area contributed by atoms with Crippen LogP contribution in [-0.2, 0) is 6.54 Å². The van der Waals surface area contributed by atoms with Crippen LogP contribution in [-0.4, -0.2) is 22.6 Å². The first-order valence-electron chi connectivity index (χ1n) is 7.03. The highest BCUT2D eigenvalue weighted by molar-refractivity contribution is 5.95. The van der Waals surface area contributed by atoms with Crippen LogP contribution in [0.1, 0.15) is 48.5 Å². The number of nitrogens with one attached hydrogen (secondary N) is 2. The molecule has 0 aliphatic rings. The van der Waals surface area contributed by atoms with E-state index in [0.29, 0.717) is 23.7 Å². The summed E-state index contributed by atoms with van der Waals surface area (Å²) in [5.41, 5.74) is 1.47. The monoisotopic (exact) mass is 288 g/mol. The summed E-state index contributed by atoms with van der Waals surface area (Å²) in [5, 5.41) is 9.56. The Morgan fingerprint density at radius 2 is 2.19 bits per heavy atom. The Morgan fingerprint density at radius 1 is 1.38 bits per heavy atom. The summed E-state index contributed by atoms with van der Waals surface area (Å²) in [4.78, 5) is 16.7. The van der Waals surface area contributed by atoms with Crippen molar-refractivity contribution in [1.82, 2.24) is 15.5 Å². The molecular weight excluding hydrogens is 268 g/mol. The molecule has 112 valence electrons. The number of hydrogen-bond acceptors (Lipinski definition) is 5. The fourth-order valence-corrected chi connectivity index (χ4v) is 1.85. The lowest BCUT2D eigenvalue weighted by molar-refractivity contribution is 0.0947. The zero-order valence-electron chi connectivity index (χ0n) is 12.5. The molecule has 6 heteroatoms. The molecule has 0 aromatic carbocycles. The molecular formula is C15H20N4O2. The molecule has 2 N–H and O–H groups in total. The molecule has 1 amide bonds. The Morgan fingerprint density at radius 3 is 2.81 bits per heavy atom. The van der Waals surface area contributed by atoms with E-state index in [2.05, 4.69) is 20.8 Å². The molecule has 0 saturated heterocycles. The van der Waals surface area contributed by atoms with Crippen molar-refractivity contribution in [3.63, 3.8) is 0 Å². The van der Waals surface area contributed by atoms with Crippen LogP contribution in [0.25, 0.3) is 0 Å². The Balaban J connectivity index is 2.14. The Kier molecular flexibility index (Phi) is 4.92. The summed E-state index contributed by atoms with van der Waals surface area (Å²) >= 11 is 0. The van der Waals surface area contributed by atoms with Gasteiger partial charge in [-0.25, -0.2) is 4.98 Å². The maximum absolute atomic E-state index is 12.2. The number of carbonyl (C=O) groups excluding carboxylic acids is 1. The summed E-state index contributed by atoms with van der Waals surface area (Å²) in [5.74, 6) is 1.43. The molecule has 0 atom stereocenters. The second-order valence-corrected chi connectivity index (χ2v) is 5.01. The van der Waals surface area contributed by atoms with Crippen molar-refractivity contribution in [3.8, 4) is 0 Å². The normalized spacial score (nSPS) is 10.7. The number of hydrogen-bond donors (Lipinski definition) is 2. The molecule has 0 aliphatic carbocycles. The number of amides is 1. The van der Waals surface area contributed by atoms with Gasteiger partial charge in [-0.15, -0.1) is 0 Å². The maximum Gasteiger partial charge on any atom is 0.251 e. The SMILES string of the molecule is CCNc1cc(C(=O)NCc2ccno2)cc(C(C)C)n1. The molecule has 0 bridgehead atoms. The Bertz CT molecular complexity index is 594. The van der Waals surface area contributed by atoms with Gasteiger partial charge in [-0.3, -0.25) is 4.79 Å². The minimum atomic E-state index is -0.158. The number of anilines is 1. The first-order valence-corrected chi connectivity index (χ1v) is 7.03. The van der Waals surface area contributed by atoms with E-state index < -0.39 is 0 Å². The lowest BCUT2D eigenvalue weighted by atomic mass is 10.1. The summed E-state index contributed by atoms with van der Waals surface area (Å²) in [6, 6.07) is 5.29. The third-order valence-corrected chi connectivity index (χ3v) is 2.97. The van der Waals surface area contributed by atoms with Crippen LogP contribution < -0.4 is 10.6 Å². The first kappa shape index (κ1) is 15.0. The van der Waals surface area contributed by atoms with Gasteiger partial charge in [0.1, 0.15) is 5.82 Å². The van der Waals surface area contributed by atoms with Gasteiger partial charge in [0.15, 0.2) is 5.76 Å². The molecule has 0 aliphatic heterocycles. The Labute approximate surface area is 123 Å². The van der Waals surface area contributed by atoms with Gasteiger partial charge in [0.05, 0.1) is 12.7 Å². The molecule has 0 spiro atoms. The van der Waals surface area contributed by atoms with Crippen molar-refractivity contribution in [2.75, 3.05) is 11.9 Å². The number of rotatable bonds is 6. The lowest BCUT2D eigenvalue weighted by Crippen LogP contribution is -2.23. The largest absolute Gasteiger partial charge is 0.370 e. The van der Waals surface area contributed by atoms with Gasteiger partial charge in [0, 0.05) is 23.9 Å². The molecule has 0 radical (unpaired) electrons. The van der Waals surface area contributed by atoms with E-state index in [0.717, 1.165) is 12.2 Å². The third-order valence-electron chi connectivity index (χ3n) is 2.97. The first-order chi connectivity index (χ1) is 10.1. The van der Waals surface area contributed by atoms with Gasteiger partial charge in [-0.2, -0.15) is 0 Å². The fraction of sp³-hybridized carbons (Fsp3) is 0.400. The third kappa shape index (κ3) is 4.05. The number of pyridine rings is 1. The molecule has 6 nitrogen and oxygen atoms in total. The van der Waals surface area contributed by atoms with Crippen LogP contribution in [0.2, 0.25) is 0 Å². The summed E-state index contributed by atoms with van der Waals surface area (Å²) < 4.78 is 4.95. The lowest BCUT2D eigenvalue weighted by Gasteiger charge is -2.11. The predicted molar refractivity (Wildman–Crippen MR) is 80.2 cm³/mol. The van der Waals surface area contributed by atoms with E-state index in [1.54, 1.807) is 18.3 Å². The van der Waals surface area contributed by atoms with Crippen molar-refractivity contribution in [3.05, 3.63) is 41.4 Å². The summed E-state index contributed by atoms with van der Waals surface area (Å²) in [6.45, 7) is 7.16. The number of carbonyl (C=O) groups is 1. The maximum atomic E-state index is 12.2. The van der Waals surface area contributed by atoms with Crippen molar-refractivity contribution in [1.29, 1.82) is 0 Å². The highest BCUT2D eigenvalue weighted by Gasteiger charge is 2.12. The molecule has 0 unspecified atom stereocenters. The molecule has 2 aromatic rings. The topological polar surface area (TPSA) is 80.0 Å². The van der Waals surface area contributed by atoms with Crippen molar-refractivity contribution >= 4 is 11.7 Å². The average molecular weight is 288 g/mol. The van der Waals surface area contributed by atoms with Crippen molar-refractivity contribution < 1.29 is 9.32 Å². The van der Waals surface area contributed by atoms with Crippen LogP contribution in [0.5, 0.6) is 0 Å². The summed E-state index contributed by atoms with van der Waals surface area (Å²) in [6.07, 6.45) is 1.55. The quantitative estimate of drug-likeness (QED) is 0.854. The fourth-order valence-electron chi connectivity index (χ4n) is 1.85. The van der Waals surface area contributed by atoms with E-state index in [4.69, 9.17) is 4.52 Å². The average Bonchev–Trinajstić information content (AvgIpc) is 2.98. The molecule has 2 rings (SSSR count). The smallest absolute Gasteiger partial charge is 0.251 e. The summed E-state index contributed by atoms with van der Waals surface area (Å²) in [7, 11) is 0. The minimum Gasteiger partial charge on any atom is -0.370 e. The second kappa shape index (κ2) is 6.88. The second-order valence-electron chi connectivity index (χ2n) is 5.01. The van der Waals surface area contributed by atoms with E-state index >= 15 is 0 Å². The molecule has 2 heterocycles. The van der Waals surface area contributed by atoms with Gasteiger partial charge < -0.3 is 15.2 Å². The molecule has 0 saturated carbocycles. The van der Waals surface area contributed by atoms with Gasteiger partial charge in [-0.1, -0.05) is 19.0 Å². The van der Waals surface area contributed by atoms with Gasteiger partial charge in [0.25, 0.3) is 5.91 Å². The van der Waals surface area contributed by atoms with Gasteiger partial charge in [0.2, 0.25) is 0 Å². The highest BCUT2D eigenvalue weighted by Crippen LogP contribution is 2.17. The zero-order valence-corrected chi connectivity index (χ0v) is 12.5. The van der Waals surface area contributed by atoms with Gasteiger partial charge in [-0.05, 0) is 25.0 Å². The van der Waals surface area contributed by atoms with E-state index in [9.17, 15) is 4.79 Å². The van der Waals surface area contributed by atoms with E-state index in [1.807, 2.05) is 26.8 Å². The highest BCUT2D eigenvalue weighted by atomic mass is 16.5. The molecule has 0 fully saturated rings. The minimum absolute atomic E-state index is 0.158.